The van der Waals surface area contributed by atoms with Crippen molar-refractivity contribution in [3.63, 3.8) is 0 Å². The van der Waals surface area contributed by atoms with Gasteiger partial charge in [0.2, 0.25) is 10.0 Å². The van der Waals surface area contributed by atoms with Crippen molar-refractivity contribution in [2.75, 3.05) is 13.1 Å². The van der Waals surface area contributed by atoms with Crippen molar-refractivity contribution < 1.29 is 13.5 Å². The van der Waals surface area contributed by atoms with E-state index >= 15 is 0 Å². The van der Waals surface area contributed by atoms with E-state index in [0.717, 1.165) is 5.57 Å². The van der Waals surface area contributed by atoms with Gasteiger partial charge in [-0.05, 0) is 39.7 Å². The molecule has 98 valence electrons. The molecule has 4 nitrogen and oxygen atoms in total. The van der Waals surface area contributed by atoms with Crippen molar-refractivity contribution in [3.05, 3.63) is 22.6 Å². The molecule has 5 heteroatoms. The summed E-state index contributed by atoms with van der Waals surface area (Å²) in [5, 5.41) is 9.36. The SMILES string of the molecule is CC(C)=C/C=C(\C)S(=O)(=O)N1CCC(O)CC1. The van der Waals surface area contributed by atoms with Crippen molar-refractivity contribution in [1.82, 2.24) is 4.31 Å². The van der Waals surface area contributed by atoms with Gasteiger partial charge >= 0.3 is 0 Å². The fourth-order valence-corrected chi connectivity index (χ4v) is 2.99. The fraction of sp³-hybridized carbons (Fsp3) is 0.667. The molecule has 0 aromatic heterocycles. The Labute approximate surface area is 104 Å². The topological polar surface area (TPSA) is 57.6 Å². The quantitative estimate of drug-likeness (QED) is 0.784. The van der Waals surface area contributed by atoms with Gasteiger partial charge in [-0.15, -0.1) is 0 Å². The smallest absolute Gasteiger partial charge is 0.238 e. The predicted molar refractivity (Wildman–Crippen MR) is 68.9 cm³/mol. The Morgan fingerprint density at radius 3 is 2.18 bits per heavy atom. The van der Waals surface area contributed by atoms with E-state index in [1.807, 2.05) is 13.8 Å². The lowest BCUT2D eigenvalue weighted by Crippen LogP contribution is -2.40. The first-order valence-electron chi connectivity index (χ1n) is 5.84. The van der Waals surface area contributed by atoms with Crippen LogP contribution < -0.4 is 0 Å². The minimum Gasteiger partial charge on any atom is -0.393 e. The molecule has 0 spiro atoms. The molecule has 0 amide bonds. The van der Waals surface area contributed by atoms with Gasteiger partial charge in [0.05, 0.1) is 11.0 Å². The molecule has 0 unspecified atom stereocenters. The second-order valence-electron chi connectivity index (χ2n) is 4.66. The van der Waals surface area contributed by atoms with Crippen LogP contribution in [0.3, 0.4) is 0 Å². The lowest BCUT2D eigenvalue weighted by atomic mass is 10.1. The van der Waals surface area contributed by atoms with Crippen molar-refractivity contribution in [2.24, 2.45) is 0 Å². The van der Waals surface area contributed by atoms with E-state index in [-0.39, 0.29) is 6.10 Å². The average molecular weight is 259 g/mol. The monoisotopic (exact) mass is 259 g/mol. The van der Waals surface area contributed by atoms with E-state index < -0.39 is 10.0 Å². The Morgan fingerprint density at radius 1 is 1.18 bits per heavy atom. The van der Waals surface area contributed by atoms with Crippen LogP contribution in [-0.2, 0) is 10.0 Å². The lowest BCUT2D eigenvalue weighted by molar-refractivity contribution is 0.113. The van der Waals surface area contributed by atoms with Crippen LogP contribution in [0.25, 0.3) is 0 Å². The maximum atomic E-state index is 12.2. The second kappa shape index (κ2) is 5.80. The molecule has 0 radical (unpaired) electrons. The van der Waals surface area contributed by atoms with Crippen LogP contribution >= 0.6 is 0 Å². The Hall–Kier alpha value is -0.650. The van der Waals surface area contributed by atoms with Crippen LogP contribution in [0.15, 0.2) is 22.6 Å². The maximum absolute atomic E-state index is 12.2. The van der Waals surface area contributed by atoms with Crippen LogP contribution in [0.1, 0.15) is 33.6 Å². The Bertz CT molecular complexity index is 411. The number of rotatable bonds is 3. The highest BCUT2D eigenvalue weighted by Gasteiger charge is 2.27. The zero-order valence-electron chi connectivity index (χ0n) is 10.7. The summed E-state index contributed by atoms with van der Waals surface area (Å²) < 4.78 is 25.8. The number of aliphatic hydroxyl groups excluding tert-OH is 1. The van der Waals surface area contributed by atoms with Gasteiger partial charge in [0.15, 0.2) is 0 Å². The molecule has 0 aromatic rings. The minimum absolute atomic E-state index is 0.357. The van der Waals surface area contributed by atoms with E-state index in [1.165, 1.54) is 4.31 Å². The standard InChI is InChI=1S/C12H21NO3S/c1-10(2)4-5-11(3)17(15,16)13-8-6-12(14)7-9-13/h4-5,12,14H,6-9H2,1-3H3/b11-5+. The largest absolute Gasteiger partial charge is 0.393 e. The molecule has 0 saturated carbocycles. The zero-order valence-corrected chi connectivity index (χ0v) is 11.5. The molecule has 1 heterocycles. The Balaban J connectivity index is 2.81. The molecule has 17 heavy (non-hydrogen) atoms. The van der Waals surface area contributed by atoms with Crippen molar-refractivity contribution >= 4 is 10.0 Å². The Morgan fingerprint density at radius 2 is 1.71 bits per heavy atom. The van der Waals surface area contributed by atoms with E-state index in [1.54, 1.807) is 19.1 Å². The van der Waals surface area contributed by atoms with E-state index in [9.17, 15) is 13.5 Å². The fourth-order valence-electron chi connectivity index (χ4n) is 1.66. The molecule has 1 N–H and O–H groups in total. The molecule has 0 bridgehead atoms. The van der Waals surface area contributed by atoms with Crippen LogP contribution in [0, 0.1) is 0 Å². The Kier molecular flexibility index (Phi) is 4.91. The van der Waals surface area contributed by atoms with Crippen LogP contribution in [0.2, 0.25) is 0 Å². The summed E-state index contributed by atoms with van der Waals surface area (Å²) in [7, 11) is -3.34. The van der Waals surface area contributed by atoms with Crippen LogP contribution in [-0.4, -0.2) is 37.0 Å². The maximum Gasteiger partial charge on any atom is 0.238 e. The molecule has 1 aliphatic rings. The number of nitrogens with zero attached hydrogens (tertiary/aromatic N) is 1. The molecule has 0 aliphatic carbocycles. The van der Waals surface area contributed by atoms with Crippen molar-refractivity contribution in [2.45, 2.75) is 39.7 Å². The van der Waals surface area contributed by atoms with E-state index in [2.05, 4.69) is 0 Å². The summed E-state index contributed by atoms with van der Waals surface area (Å²) in [5.41, 5.74) is 1.06. The number of sulfonamides is 1. The number of allylic oxidation sites excluding steroid dienone is 4. The normalized spacial score (nSPS) is 20.4. The van der Waals surface area contributed by atoms with Gasteiger partial charge < -0.3 is 5.11 Å². The summed E-state index contributed by atoms with van der Waals surface area (Å²) >= 11 is 0. The molecule has 1 aliphatic heterocycles. The van der Waals surface area contributed by atoms with Crippen molar-refractivity contribution in [3.8, 4) is 0 Å². The molecular weight excluding hydrogens is 238 g/mol. The van der Waals surface area contributed by atoms with E-state index in [4.69, 9.17) is 0 Å². The molecule has 1 fully saturated rings. The number of hydrogen-bond donors (Lipinski definition) is 1. The first kappa shape index (κ1) is 14.4. The van der Waals surface area contributed by atoms with Crippen molar-refractivity contribution in [1.29, 1.82) is 0 Å². The summed E-state index contributed by atoms with van der Waals surface area (Å²) in [5.74, 6) is 0. The highest BCUT2D eigenvalue weighted by molar-refractivity contribution is 7.93. The third-order valence-corrected chi connectivity index (χ3v) is 4.82. The summed E-state index contributed by atoms with van der Waals surface area (Å²) in [4.78, 5) is 0.357. The summed E-state index contributed by atoms with van der Waals surface area (Å²) in [6, 6.07) is 0. The molecule has 0 aromatic carbocycles. The van der Waals surface area contributed by atoms with Gasteiger partial charge in [-0.2, -0.15) is 4.31 Å². The van der Waals surface area contributed by atoms with Gasteiger partial charge in [0.1, 0.15) is 0 Å². The van der Waals surface area contributed by atoms with Crippen LogP contribution in [0.5, 0.6) is 0 Å². The highest BCUT2D eigenvalue weighted by atomic mass is 32.2. The third kappa shape index (κ3) is 3.94. The minimum atomic E-state index is -3.34. The first-order chi connectivity index (χ1) is 7.84. The third-order valence-electron chi connectivity index (χ3n) is 2.82. The summed E-state index contributed by atoms with van der Waals surface area (Å²) in [6.45, 7) is 6.27. The second-order valence-corrected chi connectivity index (χ2v) is 6.77. The van der Waals surface area contributed by atoms with Gasteiger partial charge in [-0.3, -0.25) is 0 Å². The predicted octanol–water partition coefficient (Wildman–Crippen LogP) is 1.64. The van der Waals surface area contributed by atoms with E-state index in [0.29, 0.717) is 30.8 Å². The van der Waals surface area contributed by atoms with Gasteiger partial charge in [-0.25, -0.2) is 8.42 Å². The molecular formula is C12H21NO3S. The lowest BCUT2D eigenvalue weighted by Gasteiger charge is -2.28. The van der Waals surface area contributed by atoms with Gasteiger partial charge in [0.25, 0.3) is 0 Å². The van der Waals surface area contributed by atoms with Crippen LogP contribution in [0.4, 0.5) is 0 Å². The van der Waals surface area contributed by atoms with Gasteiger partial charge in [0, 0.05) is 13.1 Å². The molecule has 0 atom stereocenters. The summed E-state index contributed by atoms with van der Waals surface area (Å²) in [6.07, 6.45) is 4.12. The number of piperidine rings is 1. The highest BCUT2D eigenvalue weighted by Crippen LogP contribution is 2.19. The molecule has 1 rings (SSSR count). The number of aliphatic hydroxyl groups is 1. The van der Waals surface area contributed by atoms with Gasteiger partial charge in [-0.1, -0.05) is 11.6 Å². The molecule has 1 saturated heterocycles. The first-order valence-corrected chi connectivity index (χ1v) is 7.28. The average Bonchev–Trinajstić information content (AvgIpc) is 2.26. The zero-order chi connectivity index (χ0) is 13.1. The number of hydrogen-bond acceptors (Lipinski definition) is 3.